The van der Waals surface area contributed by atoms with Gasteiger partial charge in [0.2, 0.25) is 0 Å². The molecular weight excluding hydrogens is 387 g/mol. The van der Waals surface area contributed by atoms with E-state index in [2.05, 4.69) is 0 Å². The maximum Gasteiger partial charge on any atom is 0.410 e. The van der Waals surface area contributed by atoms with E-state index in [0.29, 0.717) is 42.4 Å². The first-order valence-corrected chi connectivity index (χ1v) is 10.2. The minimum absolute atomic E-state index is 0.234. The van der Waals surface area contributed by atoms with Crippen molar-refractivity contribution < 1.29 is 18.7 Å². The SMILES string of the molecule is Cc1cc(-n2nc3c(c2N)[C@H](C)N(C(=O)OC(C)(C)C)CC32COC2)cc(C)c1F. The summed E-state index contributed by atoms with van der Waals surface area (Å²) in [6.07, 6.45) is -0.382. The standard InChI is InChI=1S/C22H29FN4O3/c1-12-7-15(8-13(2)17(12)23)27-19(24)16-14(3)26(20(28)30-21(4,5)6)9-22(10-29-11-22)18(16)25-27/h7-8,14H,9-11,24H2,1-6H3/t14-/m0/s1. The lowest BCUT2D eigenvalue weighted by atomic mass is 9.75. The highest BCUT2D eigenvalue weighted by Gasteiger charge is 2.53. The number of fused-ring (bicyclic) bond motifs is 2. The topological polar surface area (TPSA) is 82.6 Å². The molecule has 162 valence electrons. The van der Waals surface area contributed by atoms with Crippen LogP contribution < -0.4 is 5.73 Å². The average Bonchev–Trinajstić information content (AvgIpc) is 2.95. The molecule has 1 atom stereocenters. The van der Waals surface area contributed by atoms with Gasteiger partial charge < -0.3 is 20.1 Å². The molecule has 0 bridgehead atoms. The normalized spacial score (nSPS) is 20.1. The average molecular weight is 416 g/mol. The van der Waals surface area contributed by atoms with Gasteiger partial charge in [0.05, 0.1) is 36.1 Å². The van der Waals surface area contributed by atoms with Crippen molar-refractivity contribution in [2.45, 2.75) is 58.6 Å². The first-order valence-electron chi connectivity index (χ1n) is 10.2. The number of benzene rings is 1. The van der Waals surface area contributed by atoms with Gasteiger partial charge in [0.1, 0.15) is 17.2 Å². The van der Waals surface area contributed by atoms with Crippen molar-refractivity contribution in [3.8, 4) is 5.69 Å². The fourth-order valence-electron chi connectivity index (χ4n) is 4.30. The number of aryl methyl sites for hydroxylation is 2. The number of hydrogen-bond donors (Lipinski definition) is 1. The number of nitrogens with zero attached hydrogens (tertiary/aromatic N) is 3. The molecule has 2 aliphatic heterocycles. The minimum atomic E-state index is -0.598. The number of anilines is 1. The monoisotopic (exact) mass is 416 g/mol. The fourth-order valence-corrected chi connectivity index (χ4v) is 4.30. The van der Waals surface area contributed by atoms with Crippen LogP contribution >= 0.6 is 0 Å². The number of carbonyl (C=O) groups excluding carboxylic acids is 1. The van der Waals surface area contributed by atoms with Gasteiger partial charge in [-0.05, 0) is 64.8 Å². The second-order valence-corrected chi connectivity index (χ2v) is 9.51. The van der Waals surface area contributed by atoms with Crippen molar-refractivity contribution >= 4 is 11.9 Å². The van der Waals surface area contributed by atoms with Gasteiger partial charge in [-0.15, -0.1) is 0 Å². The summed E-state index contributed by atoms with van der Waals surface area (Å²) in [5.74, 6) is 0.213. The van der Waals surface area contributed by atoms with Gasteiger partial charge >= 0.3 is 6.09 Å². The molecule has 0 unspecified atom stereocenters. The van der Waals surface area contributed by atoms with Gasteiger partial charge in [-0.1, -0.05) is 0 Å². The molecule has 0 saturated carbocycles. The van der Waals surface area contributed by atoms with E-state index in [1.54, 1.807) is 35.6 Å². The van der Waals surface area contributed by atoms with Crippen LogP contribution in [0.15, 0.2) is 12.1 Å². The highest BCUT2D eigenvalue weighted by molar-refractivity contribution is 5.71. The Bertz CT molecular complexity index is 997. The Hall–Kier alpha value is -2.61. The van der Waals surface area contributed by atoms with Gasteiger partial charge in [0.25, 0.3) is 0 Å². The number of nitrogen functional groups attached to an aromatic ring is 1. The largest absolute Gasteiger partial charge is 0.444 e. The molecular formula is C22H29FN4O3. The van der Waals surface area contributed by atoms with Crippen molar-refractivity contribution in [2.24, 2.45) is 0 Å². The summed E-state index contributed by atoms with van der Waals surface area (Å²) in [5, 5.41) is 4.84. The quantitative estimate of drug-likeness (QED) is 0.765. The number of ether oxygens (including phenoxy) is 2. The molecule has 2 N–H and O–H groups in total. The molecule has 1 fully saturated rings. The lowest BCUT2D eigenvalue weighted by Gasteiger charge is -2.49. The van der Waals surface area contributed by atoms with Crippen LogP contribution in [0.1, 0.15) is 56.1 Å². The van der Waals surface area contributed by atoms with Crippen LogP contribution in [-0.2, 0) is 14.9 Å². The van der Waals surface area contributed by atoms with E-state index < -0.39 is 11.0 Å². The second kappa shape index (κ2) is 6.70. The Morgan fingerprint density at radius 2 is 1.90 bits per heavy atom. The van der Waals surface area contributed by atoms with Crippen molar-refractivity contribution in [1.82, 2.24) is 14.7 Å². The zero-order chi connectivity index (χ0) is 22.0. The molecule has 1 aromatic heterocycles. The summed E-state index contributed by atoms with van der Waals surface area (Å²) in [6, 6.07) is 3.16. The van der Waals surface area contributed by atoms with Crippen LogP contribution in [0.25, 0.3) is 5.69 Å². The Balaban J connectivity index is 1.81. The minimum Gasteiger partial charge on any atom is -0.444 e. The van der Waals surface area contributed by atoms with Crippen LogP contribution in [0, 0.1) is 19.7 Å². The Kier molecular flexibility index (Phi) is 4.61. The summed E-state index contributed by atoms with van der Waals surface area (Å²) < 4.78 is 27.0. The number of rotatable bonds is 1. The van der Waals surface area contributed by atoms with E-state index in [1.165, 1.54) is 0 Å². The first kappa shape index (κ1) is 20.7. The van der Waals surface area contributed by atoms with Crippen molar-refractivity contribution in [3.05, 3.63) is 40.3 Å². The molecule has 0 radical (unpaired) electrons. The Morgan fingerprint density at radius 1 is 1.30 bits per heavy atom. The van der Waals surface area contributed by atoms with Crippen molar-refractivity contribution in [2.75, 3.05) is 25.5 Å². The number of nitrogens with two attached hydrogens (primary N) is 1. The van der Waals surface area contributed by atoms with Crippen LogP contribution in [0.5, 0.6) is 0 Å². The van der Waals surface area contributed by atoms with Crippen LogP contribution in [0.4, 0.5) is 15.0 Å². The molecule has 1 aromatic carbocycles. The van der Waals surface area contributed by atoms with Crippen LogP contribution in [0.3, 0.4) is 0 Å². The zero-order valence-corrected chi connectivity index (χ0v) is 18.4. The van der Waals surface area contributed by atoms with E-state index in [4.69, 9.17) is 20.3 Å². The third-order valence-corrected chi connectivity index (χ3v) is 5.87. The first-order chi connectivity index (χ1) is 13.9. The van der Waals surface area contributed by atoms with Crippen LogP contribution in [-0.4, -0.2) is 46.1 Å². The molecule has 30 heavy (non-hydrogen) atoms. The summed E-state index contributed by atoms with van der Waals surface area (Å²) in [6.45, 7) is 12.3. The molecule has 7 nitrogen and oxygen atoms in total. The number of carbonyl (C=O) groups is 1. The molecule has 8 heteroatoms. The number of halogens is 1. The predicted octanol–water partition coefficient (Wildman–Crippen LogP) is 3.79. The molecule has 0 aliphatic carbocycles. The zero-order valence-electron chi connectivity index (χ0n) is 18.4. The lowest BCUT2D eigenvalue weighted by molar-refractivity contribution is -0.0895. The molecule has 2 aromatic rings. The third kappa shape index (κ3) is 3.14. The molecule has 1 saturated heterocycles. The van der Waals surface area contributed by atoms with E-state index in [0.717, 1.165) is 11.3 Å². The maximum absolute atomic E-state index is 14.1. The van der Waals surface area contributed by atoms with Gasteiger partial charge in [-0.25, -0.2) is 13.9 Å². The molecule has 2 aliphatic rings. The van der Waals surface area contributed by atoms with Gasteiger partial charge in [0.15, 0.2) is 0 Å². The predicted molar refractivity (Wildman–Crippen MR) is 111 cm³/mol. The van der Waals surface area contributed by atoms with Gasteiger partial charge in [-0.2, -0.15) is 5.10 Å². The smallest absolute Gasteiger partial charge is 0.410 e. The Morgan fingerprint density at radius 3 is 2.40 bits per heavy atom. The van der Waals surface area contributed by atoms with E-state index >= 15 is 0 Å². The lowest BCUT2D eigenvalue weighted by Crippen LogP contribution is -2.59. The van der Waals surface area contributed by atoms with E-state index in [9.17, 15) is 9.18 Å². The van der Waals surface area contributed by atoms with E-state index in [1.807, 2.05) is 27.7 Å². The summed E-state index contributed by atoms with van der Waals surface area (Å²) in [5.41, 5.74) is 8.96. The number of amides is 1. The van der Waals surface area contributed by atoms with Gasteiger partial charge in [-0.3, -0.25) is 0 Å². The van der Waals surface area contributed by atoms with Gasteiger partial charge in [0, 0.05) is 12.1 Å². The summed E-state index contributed by atoms with van der Waals surface area (Å²) in [7, 11) is 0. The Labute approximate surface area is 175 Å². The highest BCUT2D eigenvalue weighted by Crippen LogP contribution is 2.46. The molecule has 1 amide bonds. The number of hydrogen-bond acceptors (Lipinski definition) is 5. The number of aromatic nitrogens is 2. The summed E-state index contributed by atoms with van der Waals surface area (Å²) in [4.78, 5) is 14.6. The molecule has 4 rings (SSSR count). The fraction of sp³-hybridized carbons (Fsp3) is 0.545. The summed E-state index contributed by atoms with van der Waals surface area (Å²) >= 11 is 0. The highest BCUT2D eigenvalue weighted by atomic mass is 19.1. The molecule has 3 heterocycles. The van der Waals surface area contributed by atoms with Crippen LogP contribution in [0.2, 0.25) is 0 Å². The maximum atomic E-state index is 14.1. The van der Waals surface area contributed by atoms with Crippen molar-refractivity contribution in [3.63, 3.8) is 0 Å². The van der Waals surface area contributed by atoms with E-state index in [-0.39, 0.29) is 18.0 Å². The second-order valence-electron chi connectivity index (χ2n) is 9.51. The third-order valence-electron chi connectivity index (χ3n) is 5.87. The van der Waals surface area contributed by atoms with Crippen molar-refractivity contribution in [1.29, 1.82) is 0 Å². The molecule has 1 spiro atoms.